The Morgan fingerprint density at radius 3 is 3.19 bits per heavy atom. The van der Waals surface area contributed by atoms with Gasteiger partial charge in [0.2, 0.25) is 11.0 Å². The van der Waals surface area contributed by atoms with Gasteiger partial charge in [-0.05, 0) is 12.2 Å². The first-order valence-corrected chi connectivity index (χ1v) is 6.56. The van der Waals surface area contributed by atoms with E-state index in [1.54, 1.807) is 0 Å². The fourth-order valence-electron chi connectivity index (χ4n) is 1.45. The van der Waals surface area contributed by atoms with Crippen LogP contribution in [0.3, 0.4) is 0 Å². The minimum Gasteiger partial charge on any atom is -0.381 e. The number of anilines is 1. The van der Waals surface area contributed by atoms with Crippen molar-refractivity contribution in [1.82, 2.24) is 10.2 Å². The van der Waals surface area contributed by atoms with Gasteiger partial charge >= 0.3 is 0 Å². The van der Waals surface area contributed by atoms with E-state index in [1.165, 1.54) is 11.3 Å². The Morgan fingerprint density at radius 1 is 1.62 bits per heavy atom. The zero-order chi connectivity index (χ0) is 11.4. The smallest absolute Gasteiger partial charge is 0.231 e. The van der Waals surface area contributed by atoms with Gasteiger partial charge in [-0.1, -0.05) is 11.3 Å². The van der Waals surface area contributed by atoms with Crippen molar-refractivity contribution in [3.8, 4) is 0 Å². The van der Waals surface area contributed by atoms with Crippen LogP contribution in [0.4, 0.5) is 5.13 Å². The molecule has 2 heterocycles. The van der Waals surface area contributed by atoms with E-state index >= 15 is 0 Å². The molecule has 0 aliphatic carbocycles. The molecule has 1 atom stereocenters. The van der Waals surface area contributed by atoms with Gasteiger partial charge in [-0.3, -0.25) is 4.79 Å². The second-order valence-electron chi connectivity index (χ2n) is 3.52. The van der Waals surface area contributed by atoms with Crippen molar-refractivity contribution in [3.05, 3.63) is 5.01 Å². The molecule has 0 spiro atoms. The Labute approximate surface area is 103 Å². The minimum atomic E-state index is -0.0442. The third-order valence-corrected chi connectivity index (χ3v) is 3.45. The third kappa shape index (κ3) is 2.93. The number of ether oxygens (including phenoxy) is 1. The van der Waals surface area contributed by atoms with Crippen LogP contribution in [0.15, 0.2) is 0 Å². The largest absolute Gasteiger partial charge is 0.381 e. The van der Waals surface area contributed by atoms with E-state index in [1.807, 2.05) is 0 Å². The van der Waals surface area contributed by atoms with E-state index in [2.05, 4.69) is 28.1 Å². The quantitative estimate of drug-likeness (QED) is 0.791. The normalized spacial score (nSPS) is 19.9. The average molecular weight is 259 g/mol. The highest BCUT2D eigenvalue weighted by molar-refractivity contribution is 7.80. The monoisotopic (exact) mass is 259 g/mol. The van der Waals surface area contributed by atoms with Crippen molar-refractivity contribution < 1.29 is 9.53 Å². The molecule has 1 aromatic rings. The number of aromatic nitrogens is 2. The number of hydrogen-bond donors (Lipinski definition) is 2. The predicted molar refractivity (Wildman–Crippen MR) is 65.0 cm³/mol. The van der Waals surface area contributed by atoms with E-state index in [-0.39, 0.29) is 11.8 Å². The van der Waals surface area contributed by atoms with E-state index < -0.39 is 0 Å². The summed E-state index contributed by atoms with van der Waals surface area (Å²) < 4.78 is 5.16. The Kier molecular flexibility index (Phi) is 4.14. The molecule has 1 N–H and O–H groups in total. The van der Waals surface area contributed by atoms with Crippen molar-refractivity contribution >= 4 is 35.0 Å². The van der Waals surface area contributed by atoms with Gasteiger partial charge in [0.05, 0.1) is 12.5 Å². The summed E-state index contributed by atoms with van der Waals surface area (Å²) in [7, 11) is 0. The molecule has 7 heteroatoms. The van der Waals surface area contributed by atoms with Crippen LogP contribution >= 0.6 is 24.0 Å². The zero-order valence-electron chi connectivity index (χ0n) is 8.68. The summed E-state index contributed by atoms with van der Waals surface area (Å²) in [5.41, 5.74) is 0. The lowest BCUT2D eigenvalue weighted by Gasteiger charge is -2.05. The molecule has 2 rings (SSSR count). The Bertz CT molecular complexity index is 363. The summed E-state index contributed by atoms with van der Waals surface area (Å²) in [5.74, 6) is 0.669. The van der Waals surface area contributed by atoms with Crippen LogP contribution in [0.5, 0.6) is 0 Å². The highest BCUT2D eigenvalue weighted by Gasteiger charge is 2.24. The van der Waals surface area contributed by atoms with Crippen LogP contribution in [-0.2, 0) is 16.0 Å². The predicted octanol–water partition coefficient (Wildman–Crippen LogP) is 0.985. The lowest BCUT2D eigenvalue weighted by molar-refractivity contribution is -0.119. The van der Waals surface area contributed by atoms with Crippen LogP contribution in [0.2, 0.25) is 0 Å². The lowest BCUT2D eigenvalue weighted by Crippen LogP contribution is -2.22. The Balaban J connectivity index is 1.89. The zero-order valence-corrected chi connectivity index (χ0v) is 10.4. The Hall–Kier alpha value is -0.660. The molecule has 0 radical (unpaired) electrons. The second kappa shape index (κ2) is 5.60. The van der Waals surface area contributed by atoms with Gasteiger partial charge in [0.15, 0.2) is 0 Å². The van der Waals surface area contributed by atoms with Gasteiger partial charge in [0, 0.05) is 13.0 Å². The molecule has 0 bridgehead atoms. The molecular weight excluding hydrogens is 246 g/mol. The average Bonchev–Trinajstić information content (AvgIpc) is 2.89. The van der Waals surface area contributed by atoms with Crippen LogP contribution in [0, 0.1) is 5.92 Å². The number of nitrogens with one attached hydrogen (secondary N) is 1. The maximum atomic E-state index is 11.7. The lowest BCUT2D eigenvalue weighted by atomic mass is 10.1. The first kappa shape index (κ1) is 11.8. The molecule has 1 fully saturated rings. The fraction of sp³-hybridized carbons (Fsp3) is 0.667. The molecule has 1 aromatic heterocycles. The van der Waals surface area contributed by atoms with Gasteiger partial charge in [-0.25, -0.2) is 0 Å². The molecule has 1 aliphatic heterocycles. The van der Waals surface area contributed by atoms with E-state index in [0.717, 1.165) is 23.6 Å². The number of nitrogens with zero attached hydrogens (tertiary/aromatic N) is 2. The number of hydrogen-bond acceptors (Lipinski definition) is 6. The van der Waals surface area contributed by atoms with Crippen molar-refractivity contribution in [2.75, 3.05) is 24.3 Å². The molecule has 0 saturated carbocycles. The number of amides is 1. The molecular formula is C9H13N3O2S2. The van der Waals surface area contributed by atoms with E-state index in [0.29, 0.717) is 18.3 Å². The van der Waals surface area contributed by atoms with E-state index in [9.17, 15) is 4.79 Å². The topological polar surface area (TPSA) is 64.1 Å². The number of thiol groups is 1. The van der Waals surface area contributed by atoms with E-state index in [4.69, 9.17) is 4.74 Å². The molecule has 1 amide bonds. The number of carbonyl (C=O) groups is 1. The van der Waals surface area contributed by atoms with Gasteiger partial charge in [0.1, 0.15) is 5.01 Å². The third-order valence-electron chi connectivity index (χ3n) is 2.32. The van der Waals surface area contributed by atoms with Gasteiger partial charge < -0.3 is 10.1 Å². The summed E-state index contributed by atoms with van der Waals surface area (Å²) in [4.78, 5) is 11.7. The van der Waals surface area contributed by atoms with Crippen molar-refractivity contribution in [2.45, 2.75) is 12.8 Å². The first-order valence-electron chi connectivity index (χ1n) is 5.11. The number of aryl methyl sites for hydroxylation is 1. The molecule has 88 valence electrons. The van der Waals surface area contributed by atoms with Gasteiger partial charge in [0.25, 0.3) is 0 Å². The molecule has 1 aliphatic rings. The standard InChI is InChI=1S/C9H13N3O2S2/c13-8(6-1-3-14-5-6)10-9-12-11-7(16-9)2-4-15/h6,15H,1-5H2,(H,10,12,13). The first-order chi connectivity index (χ1) is 7.79. The van der Waals surface area contributed by atoms with Crippen LogP contribution in [0.1, 0.15) is 11.4 Å². The molecule has 5 nitrogen and oxygen atoms in total. The summed E-state index contributed by atoms with van der Waals surface area (Å²) in [5, 5.41) is 12.1. The highest BCUT2D eigenvalue weighted by Crippen LogP contribution is 2.19. The van der Waals surface area contributed by atoms with Crippen molar-refractivity contribution in [1.29, 1.82) is 0 Å². The molecule has 16 heavy (non-hydrogen) atoms. The van der Waals surface area contributed by atoms with Crippen molar-refractivity contribution in [3.63, 3.8) is 0 Å². The van der Waals surface area contributed by atoms with Gasteiger partial charge in [-0.2, -0.15) is 12.6 Å². The number of rotatable bonds is 4. The van der Waals surface area contributed by atoms with Crippen LogP contribution in [-0.4, -0.2) is 35.1 Å². The minimum absolute atomic E-state index is 0.0222. The van der Waals surface area contributed by atoms with Crippen molar-refractivity contribution in [2.24, 2.45) is 5.92 Å². The SMILES string of the molecule is O=C(Nc1nnc(CCS)s1)C1CCOC1. The maximum absolute atomic E-state index is 11.7. The Morgan fingerprint density at radius 2 is 2.50 bits per heavy atom. The molecule has 0 aromatic carbocycles. The fourth-order valence-corrected chi connectivity index (χ4v) is 2.55. The maximum Gasteiger partial charge on any atom is 0.231 e. The summed E-state index contributed by atoms with van der Waals surface area (Å²) in [6, 6.07) is 0. The second-order valence-corrected chi connectivity index (χ2v) is 5.03. The molecule has 1 saturated heterocycles. The summed E-state index contributed by atoms with van der Waals surface area (Å²) in [6.07, 6.45) is 1.57. The van der Waals surface area contributed by atoms with Gasteiger partial charge in [-0.15, -0.1) is 10.2 Å². The van der Waals surface area contributed by atoms with Crippen LogP contribution in [0.25, 0.3) is 0 Å². The number of carbonyl (C=O) groups excluding carboxylic acids is 1. The molecule has 1 unspecified atom stereocenters. The van der Waals surface area contributed by atoms with Crippen LogP contribution < -0.4 is 5.32 Å². The summed E-state index contributed by atoms with van der Waals surface area (Å²) >= 11 is 5.52. The summed E-state index contributed by atoms with van der Waals surface area (Å²) in [6.45, 7) is 1.17. The highest BCUT2D eigenvalue weighted by atomic mass is 32.1.